The lowest BCUT2D eigenvalue weighted by molar-refractivity contribution is -0.0786. The quantitative estimate of drug-likeness (QED) is 0.766. The van der Waals surface area contributed by atoms with Gasteiger partial charge in [0.25, 0.3) is 0 Å². The molecule has 0 aliphatic carbocycles. The number of halogens is 2. The molecule has 0 amide bonds. The van der Waals surface area contributed by atoms with Crippen molar-refractivity contribution in [1.82, 2.24) is 4.98 Å². The van der Waals surface area contributed by atoms with Crippen LogP contribution in [-0.4, -0.2) is 49.8 Å². The lowest BCUT2D eigenvalue weighted by Gasteiger charge is -2.34. The van der Waals surface area contributed by atoms with Gasteiger partial charge in [-0.2, -0.15) is 0 Å². The highest BCUT2D eigenvalue weighted by Crippen LogP contribution is 2.33. The van der Waals surface area contributed by atoms with Crippen LogP contribution in [0, 0.1) is 5.82 Å². The lowest BCUT2D eigenvalue weighted by Crippen LogP contribution is -2.50. The summed E-state index contributed by atoms with van der Waals surface area (Å²) >= 11 is 7.25. The van der Waals surface area contributed by atoms with E-state index in [0.717, 1.165) is 0 Å². The minimum atomic E-state index is -1.26. The summed E-state index contributed by atoms with van der Waals surface area (Å²) < 4.78 is 18.8. The van der Waals surface area contributed by atoms with Crippen LogP contribution in [-0.2, 0) is 0 Å². The summed E-state index contributed by atoms with van der Waals surface area (Å²) in [5.74, 6) is 0.186. The van der Waals surface area contributed by atoms with Gasteiger partial charge in [0.15, 0.2) is 5.44 Å². The normalized spacial score (nSPS) is 27.0. The van der Waals surface area contributed by atoms with Gasteiger partial charge < -0.3 is 20.1 Å². The second-order valence-electron chi connectivity index (χ2n) is 5.40. The van der Waals surface area contributed by atoms with Gasteiger partial charge in [-0.3, -0.25) is 4.98 Å². The SMILES string of the molecule is O[C@@H]1[C@@H](O)[C@H](Oc2cncc(-c3ccc(F)cc3Cl)c2)SC[C@H]1O. The highest BCUT2D eigenvalue weighted by Gasteiger charge is 2.38. The van der Waals surface area contributed by atoms with Crippen molar-refractivity contribution in [2.24, 2.45) is 0 Å². The second-order valence-corrected chi connectivity index (χ2v) is 6.94. The zero-order valence-electron chi connectivity index (χ0n) is 12.3. The van der Waals surface area contributed by atoms with E-state index < -0.39 is 29.6 Å². The molecule has 3 N–H and O–H groups in total. The van der Waals surface area contributed by atoms with Crippen molar-refractivity contribution in [3.05, 3.63) is 47.5 Å². The number of benzene rings is 1. The van der Waals surface area contributed by atoms with Gasteiger partial charge in [-0.05, 0) is 24.3 Å². The molecule has 8 heteroatoms. The molecular formula is C16H15ClFNO4S. The largest absolute Gasteiger partial charge is 0.475 e. The van der Waals surface area contributed by atoms with Gasteiger partial charge in [0, 0.05) is 23.1 Å². The zero-order chi connectivity index (χ0) is 17.3. The third kappa shape index (κ3) is 3.65. The number of pyridine rings is 1. The van der Waals surface area contributed by atoms with E-state index in [-0.39, 0.29) is 10.8 Å². The molecule has 1 saturated heterocycles. The topological polar surface area (TPSA) is 82.8 Å². The molecule has 0 saturated carbocycles. The van der Waals surface area contributed by atoms with Crippen LogP contribution in [0.4, 0.5) is 4.39 Å². The first kappa shape index (κ1) is 17.4. The Kier molecular flexibility index (Phi) is 5.27. The fourth-order valence-electron chi connectivity index (χ4n) is 2.37. The molecule has 1 aliphatic rings. The minimum absolute atomic E-state index is 0.250. The van der Waals surface area contributed by atoms with Crippen molar-refractivity contribution in [2.45, 2.75) is 23.7 Å². The number of hydrogen-bond acceptors (Lipinski definition) is 6. The zero-order valence-corrected chi connectivity index (χ0v) is 13.9. The van der Waals surface area contributed by atoms with Gasteiger partial charge in [0.05, 0.1) is 17.3 Å². The van der Waals surface area contributed by atoms with Crippen molar-refractivity contribution in [1.29, 1.82) is 0 Å². The maximum atomic E-state index is 13.2. The Hall–Kier alpha value is -1.38. The van der Waals surface area contributed by atoms with E-state index >= 15 is 0 Å². The van der Waals surface area contributed by atoms with Crippen LogP contribution in [0.3, 0.4) is 0 Å². The number of ether oxygens (including phenoxy) is 1. The molecule has 24 heavy (non-hydrogen) atoms. The summed E-state index contributed by atoms with van der Waals surface area (Å²) in [5.41, 5.74) is 0.501. The third-order valence-electron chi connectivity index (χ3n) is 3.66. The molecule has 128 valence electrons. The molecule has 2 aromatic rings. The van der Waals surface area contributed by atoms with E-state index in [4.69, 9.17) is 16.3 Å². The average molecular weight is 372 g/mol. The Balaban J connectivity index is 1.81. The van der Waals surface area contributed by atoms with Crippen LogP contribution in [0.1, 0.15) is 0 Å². The van der Waals surface area contributed by atoms with Crippen molar-refractivity contribution in [3.8, 4) is 16.9 Å². The van der Waals surface area contributed by atoms with Crippen LogP contribution < -0.4 is 4.74 Å². The number of rotatable bonds is 3. The lowest BCUT2D eigenvalue weighted by atomic mass is 10.1. The van der Waals surface area contributed by atoms with Crippen molar-refractivity contribution in [3.63, 3.8) is 0 Å². The average Bonchev–Trinajstić information content (AvgIpc) is 2.56. The Bertz CT molecular complexity index is 735. The summed E-state index contributed by atoms with van der Waals surface area (Å²) in [5, 5.41) is 29.5. The number of aliphatic hydroxyl groups excluding tert-OH is 3. The highest BCUT2D eigenvalue weighted by molar-refractivity contribution is 7.99. The molecule has 0 unspecified atom stereocenters. The second kappa shape index (κ2) is 7.25. The Morgan fingerprint density at radius 3 is 2.71 bits per heavy atom. The molecule has 0 spiro atoms. The number of nitrogens with zero attached hydrogens (tertiary/aromatic N) is 1. The van der Waals surface area contributed by atoms with E-state index in [1.165, 1.54) is 30.1 Å². The molecule has 1 aromatic heterocycles. The first-order valence-electron chi connectivity index (χ1n) is 7.18. The number of aromatic nitrogens is 1. The molecule has 1 aliphatic heterocycles. The number of aliphatic hydroxyl groups is 3. The Morgan fingerprint density at radius 1 is 1.17 bits per heavy atom. The fraction of sp³-hybridized carbons (Fsp3) is 0.312. The molecular weight excluding hydrogens is 357 g/mol. The van der Waals surface area contributed by atoms with Gasteiger partial charge in [-0.15, -0.1) is 11.8 Å². The Labute approximate surface area is 147 Å². The summed E-state index contributed by atoms with van der Waals surface area (Å²) in [4.78, 5) is 4.07. The van der Waals surface area contributed by atoms with E-state index in [9.17, 15) is 19.7 Å². The summed E-state index contributed by atoms with van der Waals surface area (Å²) in [7, 11) is 0. The molecule has 3 rings (SSSR count). The van der Waals surface area contributed by atoms with Crippen molar-refractivity contribution in [2.75, 3.05) is 5.75 Å². The standard InChI is InChI=1S/C16H15ClFNO4S/c17-12-4-9(18)1-2-11(12)8-3-10(6-19-5-8)23-16-15(22)14(21)13(20)7-24-16/h1-6,13-16,20-22H,7H2/t13-,14+,15-,16-/m1/s1. The maximum absolute atomic E-state index is 13.2. The first-order chi connectivity index (χ1) is 11.5. The monoisotopic (exact) mass is 371 g/mol. The van der Waals surface area contributed by atoms with Crippen molar-refractivity contribution >= 4 is 23.4 Å². The maximum Gasteiger partial charge on any atom is 0.173 e. The van der Waals surface area contributed by atoms with Gasteiger partial charge in [0.1, 0.15) is 23.8 Å². The van der Waals surface area contributed by atoms with E-state index in [1.807, 2.05) is 0 Å². The molecule has 2 heterocycles. The minimum Gasteiger partial charge on any atom is -0.475 e. The van der Waals surface area contributed by atoms with Crippen LogP contribution in [0.2, 0.25) is 5.02 Å². The highest BCUT2D eigenvalue weighted by atomic mass is 35.5. The molecule has 0 radical (unpaired) electrons. The van der Waals surface area contributed by atoms with E-state index in [1.54, 1.807) is 18.3 Å². The van der Waals surface area contributed by atoms with Crippen LogP contribution >= 0.6 is 23.4 Å². The predicted molar refractivity (Wildman–Crippen MR) is 89.5 cm³/mol. The first-order valence-corrected chi connectivity index (χ1v) is 8.61. The van der Waals surface area contributed by atoms with E-state index in [0.29, 0.717) is 16.9 Å². The van der Waals surface area contributed by atoms with Crippen LogP contribution in [0.15, 0.2) is 36.7 Å². The van der Waals surface area contributed by atoms with Crippen LogP contribution in [0.5, 0.6) is 5.75 Å². The van der Waals surface area contributed by atoms with Gasteiger partial charge in [-0.25, -0.2) is 4.39 Å². The van der Waals surface area contributed by atoms with Gasteiger partial charge in [-0.1, -0.05) is 11.6 Å². The van der Waals surface area contributed by atoms with Crippen LogP contribution in [0.25, 0.3) is 11.1 Å². The Morgan fingerprint density at radius 2 is 1.96 bits per heavy atom. The molecule has 1 aromatic carbocycles. The number of hydrogen-bond donors (Lipinski definition) is 3. The summed E-state index contributed by atoms with van der Waals surface area (Å²) in [6.07, 6.45) is -0.455. The van der Waals surface area contributed by atoms with Gasteiger partial charge in [0.2, 0.25) is 0 Å². The molecule has 5 nitrogen and oxygen atoms in total. The molecule has 0 bridgehead atoms. The molecule has 4 atom stereocenters. The fourth-order valence-corrected chi connectivity index (χ4v) is 3.77. The third-order valence-corrected chi connectivity index (χ3v) is 5.21. The summed E-state index contributed by atoms with van der Waals surface area (Å²) in [6, 6.07) is 5.72. The summed E-state index contributed by atoms with van der Waals surface area (Å²) in [6.45, 7) is 0. The predicted octanol–water partition coefficient (Wildman–Crippen LogP) is 2.08. The van der Waals surface area contributed by atoms with Crippen molar-refractivity contribution < 1.29 is 24.4 Å². The van der Waals surface area contributed by atoms with E-state index in [2.05, 4.69) is 4.98 Å². The van der Waals surface area contributed by atoms with Gasteiger partial charge >= 0.3 is 0 Å². The number of thioether (sulfide) groups is 1. The smallest absolute Gasteiger partial charge is 0.173 e. The molecule has 1 fully saturated rings.